The van der Waals surface area contributed by atoms with Crippen LogP contribution in [0, 0.1) is 5.92 Å². The van der Waals surface area contributed by atoms with Crippen molar-refractivity contribution in [2.24, 2.45) is 5.92 Å². The minimum atomic E-state index is -0.996. The summed E-state index contributed by atoms with van der Waals surface area (Å²) in [5, 5.41) is 15.2. The molecule has 3 rings (SSSR count). The lowest BCUT2D eigenvalue weighted by molar-refractivity contribution is -0.137. The molecule has 23 heavy (non-hydrogen) atoms. The van der Waals surface area contributed by atoms with Gasteiger partial charge in [-0.15, -0.1) is 0 Å². The first kappa shape index (κ1) is 15.1. The first-order chi connectivity index (χ1) is 11.0. The number of rotatable bonds is 6. The van der Waals surface area contributed by atoms with Crippen LogP contribution in [0.3, 0.4) is 0 Å². The van der Waals surface area contributed by atoms with Crippen LogP contribution in [0.25, 0.3) is 6.08 Å². The Morgan fingerprint density at radius 2 is 2.26 bits per heavy atom. The zero-order valence-corrected chi connectivity index (χ0v) is 12.6. The predicted octanol–water partition coefficient (Wildman–Crippen LogP) is 2.34. The van der Waals surface area contributed by atoms with E-state index in [-0.39, 0.29) is 12.5 Å². The molecule has 0 radical (unpaired) electrons. The monoisotopic (exact) mass is 315 g/mol. The Kier molecular flexibility index (Phi) is 4.01. The Balaban J connectivity index is 1.55. The van der Waals surface area contributed by atoms with Gasteiger partial charge in [0.25, 0.3) is 0 Å². The number of hydrogen-bond acceptors (Lipinski definition) is 4. The van der Waals surface area contributed by atoms with Gasteiger partial charge in [-0.1, -0.05) is 6.92 Å². The lowest BCUT2D eigenvalue weighted by Gasteiger charge is -1.97. The first-order valence-corrected chi connectivity index (χ1v) is 7.35. The Labute approximate surface area is 132 Å². The van der Waals surface area contributed by atoms with Crippen LogP contribution >= 0.6 is 0 Å². The molecule has 1 saturated carbocycles. The van der Waals surface area contributed by atoms with Crippen molar-refractivity contribution in [2.75, 3.05) is 5.32 Å². The molecule has 2 aromatic rings. The number of carboxylic acid groups (broad SMARTS) is 1. The number of nitrogens with zero attached hydrogens (tertiary/aromatic N) is 2. The summed E-state index contributed by atoms with van der Waals surface area (Å²) in [6, 6.07) is 5.32. The molecule has 120 valence electrons. The number of nitrogens with one attached hydrogen (secondary N) is 1. The SMILES string of the molecule is CC1CC1c1ccc(C=CC(=O)Nc2ccn(CC(=O)O)n2)o1. The van der Waals surface area contributed by atoms with E-state index in [1.165, 1.54) is 23.0 Å². The fraction of sp³-hybridized carbons (Fsp3) is 0.312. The zero-order chi connectivity index (χ0) is 16.4. The lowest BCUT2D eigenvalue weighted by Crippen LogP contribution is -2.11. The first-order valence-electron chi connectivity index (χ1n) is 7.35. The van der Waals surface area contributed by atoms with Gasteiger partial charge in [0.05, 0.1) is 0 Å². The highest BCUT2D eigenvalue weighted by Gasteiger charge is 2.36. The predicted molar refractivity (Wildman–Crippen MR) is 82.8 cm³/mol. The van der Waals surface area contributed by atoms with Gasteiger partial charge in [-0.25, -0.2) is 0 Å². The summed E-state index contributed by atoms with van der Waals surface area (Å²) in [6.45, 7) is 1.93. The van der Waals surface area contributed by atoms with Crippen molar-refractivity contribution in [1.29, 1.82) is 0 Å². The Hall–Kier alpha value is -2.83. The molecular formula is C16H17N3O4. The maximum absolute atomic E-state index is 11.8. The molecule has 0 aliphatic heterocycles. The van der Waals surface area contributed by atoms with Gasteiger partial charge in [0, 0.05) is 24.3 Å². The minimum Gasteiger partial charge on any atom is -0.480 e. The molecule has 1 aliphatic rings. The Morgan fingerprint density at radius 3 is 2.96 bits per heavy atom. The maximum atomic E-state index is 11.8. The van der Waals surface area contributed by atoms with Crippen LogP contribution in [0.5, 0.6) is 0 Å². The summed E-state index contributed by atoms with van der Waals surface area (Å²) in [5.41, 5.74) is 0. The smallest absolute Gasteiger partial charge is 0.325 e. The number of hydrogen-bond donors (Lipinski definition) is 2. The summed E-state index contributed by atoms with van der Waals surface area (Å²) >= 11 is 0. The van der Waals surface area contributed by atoms with Crippen LogP contribution in [0.15, 0.2) is 34.9 Å². The van der Waals surface area contributed by atoms with Gasteiger partial charge in [-0.05, 0) is 30.5 Å². The van der Waals surface area contributed by atoms with Gasteiger partial charge in [0.15, 0.2) is 5.82 Å². The second-order valence-electron chi connectivity index (χ2n) is 5.67. The molecular weight excluding hydrogens is 298 g/mol. The standard InChI is InChI=1S/C16H17N3O4/c1-10-8-12(10)13-4-2-11(23-13)3-5-15(20)17-14-6-7-19(18-14)9-16(21)22/h2-7,10,12H,8-9H2,1H3,(H,21,22)(H,17,18,20). The summed E-state index contributed by atoms with van der Waals surface area (Å²) < 4.78 is 6.91. The third kappa shape index (κ3) is 3.88. The van der Waals surface area contributed by atoms with Crippen LogP contribution in [0.1, 0.15) is 30.8 Å². The van der Waals surface area contributed by atoms with Gasteiger partial charge in [-0.2, -0.15) is 5.10 Å². The number of carbonyl (C=O) groups excluding carboxylic acids is 1. The van der Waals surface area contributed by atoms with E-state index in [1.54, 1.807) is 6.08 Å². The summed E-state index contributed by atoms with van der Waals surface area (Å²) in [6.07, 6.45) is 5.59. The maximum Gasteiger partial charge on any atom is 0.325 e. The number of amides is 1. The molecule has 1 amide bonds. The van der Waals surface area contributed by atoms with Gasteiger partial charge in [0.1, 0.15) is 18.1 Å². The minimum absolute atomic E-state index is 0.250. The normalized spacial score (nSPS) is 19.9. The van der Waals surface area contributed by atoms with Crippen LogP contribution in [0.4, 0.5) is 5.82 Å². The van der Waals surface area contributed by atoms with E-state index < -0.39 is 5.97 Å². The van der Waals surface area contributed by atoms with E-state index in [0.717, 1.165) is 12.2 Å². The highest BCUT2D eigenvalue weighted by molar-refractivity contribution is 6.01. The molecule has 1 fully saturated rings. The van der Waals surface area contributed by atoms with Crippen molar-refractivity contribution in [1.82, 2.24) is 9.78 Å². The summed E-state index contributed by atoms with van der Waals surface area (Å²) in [7, 11) is 0. The van der Waals surface area contributed by atoms with E-state index in [2.05, 4.69) is 17.3 Å². The van der Waals surface area contributed by atoms with E-state index in [0.29, 0.717) is 23.4 Å². The molecule has 1 aliphatic carbocycles. The van der Waals surface area contributed by atoms with Gasteiger partial charge in [0.2, 0.25) is 5.91 Å². The molecule has 0 spiro atoms. The Morgan fingerprint density at radius 1 is 1.48 bits per heavy atom. The van der Waals surface area contributed by atoms with Crippen molar-refractivity contribution < 1.29 is 19.1 Å². The van der Waals surface area contributed by atoms with E-state index in [4.69, 9.17) is 9.52 Å². The number of carbonyl (C=O) groups is 2. The highest BCUT2D eigenvalue weighted by Crippen LogP contribution is 2.47. The molecule has 0 bridgehead atoms. The molecule has 2 atom stereocenters. The molecule has 2 aromatic heterocycles. The van der Waals surface area contributed by atoms with E-state index >= 15 is 0 Å². The quantitative estimate of drug-likeness (QED) is 0.797. The van der Waals surface area contributed by atoms with Crippen molar-refractivity contribution in [2.45, 2.75) is 25.8 Å². The third-order valence-corrected chi connectivity index (χ3v) is 3.71. The van der Waals surface area contributed by atoms with Crippen molar-refractivity contribution in [3.05, 3.63) is 42.0 Å². The fourth-order valence-electron chi connectivity index (χ4n) is 2.36. The number of aromatic nitrogens is 2. The second kappa shape index (κ2) is 6.12. The molecule has 0 aromatic carbocycles. The van der Waals surface area contributed by atoms with Crippen LogP contribution < -0.4 is 5.32 Å². The van der Waals surface area contributed by atoms with Crippen LogP contribution in [0.2, 0.25) is 0 Å². The van der Waals surface area contributed by atoms with Gasteiger partial charge in [-0.3, -0.25) is 14.3 Å². The van der Waals surface area contributed by atoms with E-state index in [9.17, 15) is 9.59 Å². The molecule has 7 nitrogen and oxygen atoms in total. The molecule has 2 unspecified atom stereocenters. The average molecular weight is 315 g/mol. The van der Waals surface area contributed by atoms with Crippen LogP contribution in [-0.4, -0.2) is 26.8 Å². The molecule has 2 heterocycles. The number of carboxylic acids is 1. The highest BCUT2D eigenvalue weighted by atomic mass is 16.4. The Bertz CT molecular complexity index is 759. The largest absolute Gasteiger partial charge is 0.480 e. The lowest BCUT2D eigenvalue weighted by atomic mass is 10.3. The number of aliphatic carboxylic acids is 1. The summed E-state index contributed by atoms with van der Waals surface area (Å²) in [4.78, 5) is 22.4. The average Bonchev–Trinajstić information content (AvgIpc) is 2.90. The third-order valence-electron chi connectivity index (χ3n) is 3.71. The van der Waals surface area contributed by atoms with Gasteiger partial charge >= 0.3 is 5.97 Å². The molecule has 2 N–H and O–H groups in total. The van der Waals surface area contributed by atoms with Crippen molar-refractivity contribution in [3.8, 4) is 0 Å². The fourth-order valence-corrected chi connectivity index (χ4v) is 2.36. The van der Waals surface area contributed by atoms with Gasteiger partial charge < -0.3 is 14.8 Å². The molecule has 0 saturated heterocycles. The topological polar surface area (TPSA) is 97.4 Å². The number of anilines is 1. The van der Waals surface area contributed by atoms with Crippen molar-refractivity contribution >= 4 is 23.8 Å². The zero-order valence-electron chi connectivity index (χ0n) is 12.6. The second-order valence-corrected chi connectivity index (χ2v) is 5.67. The molecule has 7 heteroatoms. The van der Waals surface area contributed by atoms with Crippen molar-refractivity contribution in [3.63, 3.8) is 0 Å². The number of furan rings is 1. The van der Waals surface area contributed by atoms with E-state index in [1.807, 2.05) is 12.1 Å². The van der Waals surface area contributed by atoms with Crippen LogP contribution in [-0.2, 0) is 16.1 Å². The summed E-state index contributed by atoms with van der Waals surface area (Å²) in [5.74, 6) is 1.71.